The Bertz CT molecular complexity index is 430. The number of piperazine rings is 1. The molecule has 0 aromatic carbocycles. The van der Waals surface area contributed by atoms with Gasteiger partial charge in [0.15, 0.2) is 5.65 Å². The van der Waals surface area contributed by atoms with Crippen molar-refractivity contribution in [2.45, 2.75) is 0 Å². The third-order valence-corrected chi connectivity index (χ3v) is 2.66. The number of nitrogens with zero attached hydrogens (tertiary/aromatic N) is 3. The molecule has 0 spiro atoms. The minimum absolute atomic E-state index is 0. The van der Waals surface area contributed by atoms with E-state index in [2.05, 4.69) is 25.2 Å². The molecule has 2 N–H and O–H groups in total. The van der Waals surface area contributed by atoms with E-state index in [1.54, 1.807) is 6.20 Å². The SMILES string of the molecule is Cl.c1cnc2nc(N3CCNCC3)[nH]c2c1. The van der Waals surface area contributed by atoms with Gasteiger partial charge < -0.3 is 15.2 Å². The second-order valence-corrected chi connectivity index (χ2v) is 3.67. The van der Waals surface area contributed by atoms with Gasteiger partial charge in [-0.3, -0.25) is 0 Å². The molecule has 0 aliphatic carbocycles. The monoisotopic (exact) mass is 239 g/mol. The summed E-state index contributed by atoms with van der Waals surface area (Å²) in [6.45, 7) is 4.04. The lowest BCUT2D eigenvalue weighted by Crippen LogP contribution is -2.44. The van der Waals surface area contributed by atoms with E-state index in [9.17, 15) is 0 Å². The van der Waals surface area contributed by atoms with Crippen LogP contribution in [0.2, 0.25) is 0 Å². The maximum absolute atomic E-state index is 4.47. The van der Waals surface area contributed by atoms with E-state index < -0.39 is 0 Å². The number of nitrogens with one attached hydrogen (secondary N) is 2. The first-order valence-corrected chi connectivity index (χ1v) is 5.20. The summed E-state index contributed by atoms with van der Waals surface area (Å²) >= 11 is 0. The normalized spacial score (nSPS) is 16.1. The molecule has 0 atom stereocenters. The lowest BCUT2D eigenvalue weighted by Gasteiger charge is -2.26. The van der Waals surface area contributed by atoms with Crippen LogP contribution in [-0.2, 0) is 0 Å². The van der Waals surface area contributed by atoms with Crippen molar-refractivity contribution in [3.8, 4) is 0 Å². The van der Waals surface area contributed by atoms with Gasteiger partial charge in [0, 0.05) is 32.4 Å². The molecule has 0 unspecified atom stereocenters. The van der Waals surface area contributed by atoms with Crippen LogP contribution in [0.25, 0.3) is 11.2 Å². The summed E-state index contributed by atoms with van der Waals surface area (Å²) in [7, 11) is 0. The van der Waals surface area contributed by atoms with Crippen LogP contribution in [0.15, 0.2) is 18.3 Å². The molecule has 3 heterocycles. The Morgan fingerprint density at radius 1 is 1.25 bits per heavy atom. The van der Waals surface area contributed by atoms with Gasteiger partial charge in [-0.25, -0.2) is 4.98 Å². The molecule has 86 valence electrons. The lowest BCUT2D eigenvalue weighted by atomic mass is 10.4. The summed E-state index contributed by atoms with van der Waals surface area (Å²) in [5, 5.41) is 3.32. The Morgan fingerprint density at radius 3 is 2.81 bits per heavy atom. The Balaban J connectivity index is 0.000000963. The Morgan fingerprint density at radius 2 is 2.06 bits per heavy atom. The average Bonchev–Trinajstić information content (AvgIpc) is 2.74. The summed E-state index contributed by atoms with van der Waals surface area (Å²) in [6.07, 6.45) is 1.77. The lowest BCUT2D eigenvalue weighted by molar-refractivity contribution is 0.582. The molecule has 1 aliphatic heterocycles. The van der Waals surface area contributed by atoms with E-state index in [1.165, 1.54) is 0 Å². The molecule has 2 aromatic rings. The van der Waals surface area contributed by atoms with Crippen molar-refractivity contribution >= 4 is 29.5 Å². The summed E-state index contributed by atoms with van der Waals surface area (Å²) in [6, 6.07) is 3.92. The molecular weight excluding hydrogens is 226 g/mol. The molecule has 0 amide bonds. The van der Waals surface area contributed by atoms with Crippen molar-refractivity contribution in [1.29, 1.82) is 0 Å². The fourth-order valence-electron chi connectivity index (χ4n) is 1.86. The number of rotatable bonds is 1. The number of aromatic amines is 1. The minimum atomic E-state index is 0. The topological polar surface area (TPSA) is 56.8 Å². The first-order valence-electron chi connectivity index (χ1n) is 5.20. The largest absolute Gasteiger partial charge is 0.340 e. The quantitative estimate of drug-likeness (QED) is 0.773. The fourth-order valence-corrected chi connectivity index (χ4v) is 1.86. The van der Waals surface area contributed by atoms with E-state index in [0.717, 1.165) is 43.3 Å². The molecular formula is C10H14ClN5. The minimum Gasteiger partial charge on any atom is -0.340 e. The number of anilines is 1. The average molecular weight is 240 g/mol. The number of H-pyrrole nitrogens is 1. The van der Waals surface area contributed by atoms with Crippen LogP contribution < -0.4 is 10.2 Å². The van der Waals surface area contributed by atoms with Gasteiger partial charge in [-0.05, 0) is 12.1 Å². The van der Waals surface area contributed by atoms with E-state index in [4.69, 9.17) is 0 Å². The molecule has 5 nitrogen and oxygen atoms in total. The maximum Gasteiger partial charge on any atom is 0.205 e. The van der Waals surface area contributed by atoms with Gasteiger partial charge in [-0.2, -0.15) is 4.98 Å². The van der Waals surface area contributed by atoms with Crippen molar-refractivity contribution in [2.24, 2.45) is 0 Å². The first-order chi connectivity index (χ1) is 7.43. The number of aromatic nitrogens is 3. The van der Waals surface area contributed by atoms with Gasteiger partial charge >= 0.3 is 0 Å². The smallest absolute Gasteiger partial charge is 0.205 e. The molecule has 6 heteroatoms. The van der Waals surface area contributed by atoms with Crippen LogP contribution >= 0.6 is 12.4 Å². The summed E-state index contributed by atoms with van der Waals surface area (Å²) < 4.78 is 0. The standard InChI is InChI=1S/C10H13N5.ClH/c1-2-8-9(12-3-1)14-10(13-8)15-6-4-11-5-7-15;/h1-3,11H,4-7H2,(H,12,13,14);1H. The summed E-state index contributed by atoms with van der Waals surface area (Å²) in [4.78, 5) is 14.2. The zero-order valence-corrected chi connectivity index (χ0v) is 9.63. The Kier molecular flexibility index (Phi) is 3.26. The highest BCUT2D eigenvalue weighted by atomic mass is 35.5. The molecule has 1 saturated heterocycles. The predicted octanol–water partition coefficient (Wildman–Crippen LogP) is 0.789. The number of halogens is 1. The Hall–Kier alpha value is -1.33. The highest BCUT2D eigenvalue weighted by Crippen LogP contribution is 2.15. The fraction of sp³-hybridized carbons (Fsp3) is 0.400. The van der Waals surface area contributed by atoms with Gasteiger partial charge in [0.1, 0.15) is 0 Å². The van der Waals surface area contributed by atoms with Crippen molar-refractivity contribution in [3.05, 3.63) is 18.3 Å². The Labute approximate surface area is 99.7 Å². The van der Waals surface area contributed by atoms with Crippen LogP contribution in [0.3, 0.4) is 0 Å². The maximum atomic E-state index is 4.47. The first kappa shape index (κ1) is 11.2. The number of fused-ring (bicyclic) bond motifs is 1. The van der Waals surface area contributed by atoms with E-state index >= 15 is 0 Å². The number of imidazole rings is 1. The van der Waals surface area contributed by atoms with E-state index in [0.29, 0.717) is 0 Å². The van der Waals surface area contributed by atoms with Gasteiger partial charge in [-0.15, -0.1) is 12.4 Å². The molecule has 2 aromatic heterocycles. The second kappa shape index (κ2) is 4.67. The van der Waals surface area contributed by atoms with Crippen LogP contribution in [0.1, 0.15) is 0 Å². The molecule has 0 bridgehead atoms. The molecule has 0 saturated carbocycles. The number of pyridine rings is 1. The summed E-state index contributed by atoms with van der Waals surface area (Å²) in [5.41, 5.74) is 1.80. The van der Waals surface area contributed by atoms with Crippen LogP contribution in [-0.4, -0.2) is 41.1 Å². The molecule has 3 rings (SSSR count). The van der Waals surface area contributed by atoms with Crippen molar-refractivity contribution in [3.63, 3.8) is 0 Å². The van der Waals surface area contributed by atoms with Gasteiger partial charge in [0.25, 0.3) is 0 Å². The molecule has 1 fully saturated rings. The highest BCUT2D eigenvalue weighted by molar-refractivity contribution is 5.85. The number of hydrogen-bond donors (Lipinski definition) is 2. The van der Waals surface area contributed by atoms with Crippen molar-refractivity contribution in [2.75, 3.05) is 31.1 Å². The third-order valence-electron chi connectivity index (χ3n) is 2.66. The van der Waals surface area contributed by atoms with Crippen LogP contribution in [0, 0.1) is 0 Å². The van der Waals surface area contributed by atoms with E-state index in [1.807, 2.05) is 12.1 Å². The van der Waals surface area contributed by atoms with Gasteiger partial charge in [0.2, 0.25) is 5.95 Å². The van der Waals surface area contributed by atoms with Crippen molar-refractivity contribution in [1.82, 2.24) is 20.3 Å². The zero-order chi connectivity index (χ0) is 10.1. The van der Waals surface area contributed by atoms with Gasteiger partial charge in [-0.1, -0.05) is 0 Å². The predicted molar refractivity (Wildman–Crippen MR) is 66.2 cm³/mol. The highest BCUT2D eigenvalue weighted by Gasteiger charge is 2.13. The van der Waals surface area contributed by atoms with Crippen molar-refractivity contribution < 1.29 is 0 Å². The molecule has 16 heavy (non-hydrogen) atoms. The molecule has 1 aliphatic rings. The van der Waals surface area contributed by atoms with Crippen LogP contribution in [0.4, 0.5) is 5.95 Å². The van der Waals surface area contributed by atoms with Gasteiger partial charge in [0.05, 0.1) is 5.52 Å². The third kappa shape index (κ3) is 1.96. The molecule has 0 radical (unpaired) electrons. The van der Waals surface area contributed by atoms with Crippen LogP contribution in [0.5, 0.6) is 0 Å². The second-order valence-electron chi connectivity index (χ2n) is 3.67. The zero-order valence-electron chi connectivity index (χ0n) is 8.81. The number of hydrogen-bond acceptors (Lipinski definition) is 4. The summed E-state index contributed by atoms with van der Waals surface area (Å²) in [5.74, 6) is 0.935. The van der Waals surface area contributed by atoms with E-state index in [-0.39, 0.29) is 12.4 Å².